The van der Waals surface area contributed by atoms with Crippen molar-refractivity contribution < 1.29 is 12.3 Å². The van der Waals surface area contributed by atoms with Crippen molar-refractivity contribution in [2.45, 2.75) is 84.2 Å². The van der Waals surface area contributed by atoms with Crippen LogP contribution in [0.25, 0.3) is 0 Å². The molecule has 2 atom stereocenters. The van der Waals surface area contributed by atoms with Gasteiger partial charge in [0.25, 0.3) is 0 Å². The van der Waals surface area contributed by atoms with Crippen molar-refractivity contribution in [1.29, 1.82) is 0 Å². The maximum Gasteiger partial charge on any atom is 0.316 e. The molecule has 1 aromatic rings. The second-order valence-electron chi connectivity index (χ2n) is 9.58. The van der Waals surface area contributed by atoms with E-state index in [2.05, 4.69) is 96.6 Å². The Morgan fingerprint density at radius 3 is 1.81 bits per heavy atom. The quantitative estimate of drug-likeness (QED) is 0.389. The van der Waals surface area contributed by atoms with Crippen LogP contribution >= 0.6 is 0 Å². The van der Waals surface area contributed by atoms with E-state index in [0.29, 0.717) is 5.92 Å². The molecule has 0 N–H and O–H groups in total. The lowest BCUT2D eigenvalue weighted by Crippen LogP contribution is -2.57. The highest BCUT2D eigenvalue weighted by Gasteiger charge is 2.45. The minimum Gasteiger partial charge on any atom is -0.437 e. The summed E-state index contributed by atoms with van der Waals surface area (Å²) in [6.45, 7) is 22.5. The summed E-state index contributed by atoms with van der Waals surface area (Å²) in [5.74, 6) is 0.422. The number of hydrogen-bond donors (Lipinski definition) is 0. The molecular weight excluding hydrogens is 389 g/mol. The largest absolute Gasteiger partial charge is 0.437 e. The van der Waals surface area contributed by atoms with Crippen molar-refractivity contribution in [2.24, 2.45) is 0 Å². The Hall–Kier alpha value is -0.0325. The first-order valence-electron chi connectivity index (χ1n) is 9.82. The first-order chi connectivity index (χ1) is 11.7. The van der Waals surface area contributed by atoms with E-state index >= 15 is 0 Å². The minimum absolute atomic E-state index is 0.422. The van der Waals surface area contributed by atoms with Crippen molar-refractivity contribution in [3.63, 3.8) is 0 Å². The van der Waals surface area contributed by atoms with E-state index in [1.165, 1.54) is 5.56 Å². The fraction of sp³-hybridized carbons (Fsp3) is 0.684. The molecular formula is C19H40O3Si4. The normalized spacial score (nSPS) is 17.0. The summed E-state index contributed by atoms with van der Waals surface area (Å²) in [4.78, 5) is 0. The van der Waals surface area contributed by atoms with Crippen molar-refractivity contribution in [3.05, 3.63) is 35.9 Å². The summed E-state index contributed by atoms with van der Waals surface area (Å²) in [6, 6.07) is 12.8. The third-order valence-electron chi connectivity index (χ3n) is 4.40. The average Bonchev–Trinajstić information content (AvgIpc) is 2.43. The first kappa shape index (κ1) is 24.0. The van der Waals surface area contributed by atoms with E-state index in [0.717, 1.165) is 12.1 Å². The molecule has 0 amide bonds. The maximum absolute atomic E-state index is 6.83. The molecule has 7 heteroatoms. The zero-order valence-electron chi connectivity index (χ0n) is 18.6. The van der Waals surface area contributed by atoms with Crippen LogP contribution in [0.15, 0.2) is 30.3 Å². The van der Waals surface area contributed by atoms with Gasteiger partial charge in [0.2, 0.25) is 0 Å². The molecule has 1 rings (SSSR count). The van der Waals surface area contributed by atoms with Gasteiger partial charge in [0, 0.05) is 0 Å². The monoisotopic (exact) mass is 428 g/mol. The van der Waals surface area contributed by atoms with Crippen LogP contribution < -0.4 is 0 Å². The predicted molar refractivity (Wildman–Crippen MR) is 123 cm³/mol. The van der Waals surface area contributed by atoms with E-state index < -0.39 is 33.8 Å². The molecule has 3 nitrogen and oxygen atoms in total. The van der Waals surface area contributed by atoms with Crippen LogP contribution in [0.5, 0.6) is 0 Å². The maximum atomic E-state index is 6.83. The summed E-state index contributed by atoms with van der Waals surface area (Å²) in [5.41, 5.74) is 1.36. The van der Waals surface area contributed by atoms with Gasteiger partial charge in [-0.1, -0.05) is 44.2 Å². The lowest BCUT2D eigenvalue weighted by atomic mass is 10.0. The van der Waals surface area contributed by atoms with Crippen molar-refractivity contribution in [2.75, 3.05) is 0 Å². The Morgan fingerprint density at radius 2 is 1.35 bits per heavy atom. The van der Waals surface area contributed by atoms with Crippen LogP contribution in [0.4, 0.5) is 0 Å². The number of rotatable bonds is 10. The summed E-state index contributed by atoms with van der Waals surface area (Å²) >= 11 is 0. The Kier molecular flexibility index (Phi) is 8.29. The van der Waals surface area contributed by atoms with Gasteiger partial charge in [-0.15, -0.1) is 0 Å². The molecule has 0 heterocycles. The molecule has 0 spiro atoms. The van der Waals surface area contributed by atoms with Gasteiger partial charge in [-0.2, -0.15) is 0 Å². The highest BCUT2D eigenvalue weighted by Crippen LogP contribution is 2.33. The fourth-order valence-corrected chi connectivity index (χ4v) is 21.8. The summed E-state index contributed by atoms with van der Waals surface area (Å²) < 4.78 is 20.2. The fourth-order valence-electron chi connectivity index (χ4n) is 3.49. The molecule has 0 bridgehead atoms. The van der Waals surface area contributed by atoms with Crippen LogP contribution in [0.2, 0.25) is 64.5 Å². The summed E-state index contributed by atoms with van der Waals surface area (Å²) in [5, 5.41) is 0. The van der Waals surface area contributed by atoms with Crippen molar-refractivity contribution >= 4 is 33.8 Å². The van der Waals surface area contributed by atoms with Crippen LogP contribution in [0, 0.1) is 0 Å². The van der Waals surface area contributed by atoms with Gasteiger partial charge in [0.1, 0.15) is 0 Å². The summed E-state index contributed by atoms with van der Waals surface area (Å²) in [6.07, 6.45) is 0. The minimum atomic E-state index is -2.36. The zero-order valence-corrected chi connectivity index (χ0v) is 22.6. The molecule has 0 aliphatic heterocycles. The van der Waals surface area contributed by atoms with Gasteiger partial charge in [-0.05, 0) is 75.9 Å². The highest BCUT2D eigenvalue weighted by atomic mass is 28.5. The van der Waals surface area contributed by atoms with E-state index in [4.69, 9.17) is 12.3 Å². The molecule has 0 aliphatic carbocycles. The van der Waals surface area contributed by atoms with Crippen LogP contribution in [-0.4, -0.2) is 33.8 Å². The van der Waals surface area contributed by atoms with Crippen LogP contribution in [0.3, 0.4) is 0 Å². The number of hydrogen-bond acceptors (Lipinski definition) is 3. The van der Waals surface area contributed by atoms with Crippen molar-refractivity contribution in [1.82, 2.24) is 0 Å². The molecule has 0 aliphatic rings. The van der Waals surface area contributed by atoms with Gasteiger partial charge in [0.05, 0.1) is 0 Å². The Labute approximate surface area is 166 Å². The Bertz CT molecular complexity index is 558. The molecule has 1 aromatic carbocycles. The molecule has 2 unspecified atom stereocenters. The SMILES string of the molecule is CC[Si](C)(C)O[Si](C)(C)O[Si](C)(CC(C)c1ccccc1)O[Si](C)(C)C. The van der Waals surface area contributed by atoms with E-state index in [1.807, 2.05) is 0 Å². The molecule has 26 heavy (non-hydrogen) atoms. The van der Waals surface area contributed by atoms with Gasteiger partial charge in [-0.3, -0.25) is 0 Å². The third-order valence-corrected chi connectivity index (χ3v) is 19.5. The van der Waals surface area contributed by atoms with Gasteiger partial charge >= 0.3 is 17.1 Å². The Balaban J connectivity index is 3.02. The van der Waals surface area contributed by atoms with Gasteiger partial charge in [-0.25, -0.2) is 0 Å². The summed E-state index contributed by atoms with van der Waals surface area (Å²) in [7, 11) is -7.97. The smallest absolute Gasteiger partial charge is 0.316 e. The molecule has 0 fully saturated rings. The number of benzene rings is 1. The van der Waals surface area contributed by atoms with Gasteiger partial charge in [0.15, 0.2) is 16.6 Å². The third kappa shape index (κ3) is 8.77. The second-order valence-corrected chi connectivity index (χ2v) is 26.0. The van der Waals surface area contributed by atoms with E-state index in [-0.39, 0.29) is 0 Å². The zero-order chi connectivity index (χ0) is 20.2. The first-order valence-corrected chi connectivity index (χ1v) is 21.7. The standard InChI is InChI=1S/C19H40O3Si4/c1-11-24(6,7)21-25(8,9)22-26(10,20-23(3,4)5)17-18(2)19-15-13-12-14-16-19/h12-16,18H,11,17H2,1-10H3. The van der Waals surface area contributed by atoms with Crippen LogP contribution in [0.1, 0.15) is 25.3 Å². The van der Waals surface area contributed by atoms with Crippen molar-refractivity contribution in [3.8, 4) is 0 Å². The molecule has 0 radical (unpaired) electrons. The Morgan fingerprint density at radius 1 is 0.808 bits per heavy atom. The second kappa shape index (κ2) is 8.98. The molecule has 0 saturated heterocycles. The molecule has 150 valence electrons. The molecule has 0 saturated carbocycles. The van der Waals surface area contributed by atoms with Crippen LogP contribution in [-0.2, 0) is 12.3 Å². The topological polar surface area (TPSA) is 27.7 Å². The van der Waals surface area contributed by atoms with E-state index in [9.17, 15) is 0 Å². The highest BCUT2D eigenvalue weighted by molar-refractivity contribution is 6.89. The lowest BCUT2D eigenvalue weighted by molar-refractivity contribution is 0.320. The predicted octanol–water partition coefficient (Wildman–Crippen LogP) is 6.67. The van der Waals surface area contributed by atoms with Gasteiger partial charge < -0.3 is 12.3 Å². The average molecular weight is 429 g/mol. The lowest BCUT2D eigenvalue weighted by Gasteiger charge is -2.42. The van der Waals surface area contributed by atoms with E-state index in [1.54, 1.807) is 0 Å². The molecule has 0 aromatic heterocycles.